The van der Waals surface area contributed by atoms with E-state index in [2.05, 4.69) is 11.0 Å². The Labute approximate surface area is 105 Å². The quantitative estimate of drug-likeness (QED) is 0.642. The first-order chi connectivity index (χ1) is 7.34. The van der Waals surface area contributed by atoms with Crippen LogP contribution in [0.25, 0.3) is 6.08 Å². The van der Waals surface area contributed by atoms with Crippen molar-refractivity contribution in [2.45, 2.75) is 6.54 Å². The van der Waals surface area contributed by atoms with Crippen LogP contribution in [0.4, 0.5) is 0 Å². The predicted molar refractivity (Wildman–Crippen MR) is 58.6 cm³/mol. The summed E-state index contributed by atoms with van der Waals surface area (Å²) in [5.74, 6) is 0.344. The number of hydrogen-bond donors (Lipinski definition) is 1. The molecular formula is C13H10BrNO. The third kappa shape index (κ3) is 1.64. The van der Waals surface area contributed by atoms with Crippen molar-refractivity contribution in [3.8, 4) is 5.75 Å². The standard InChI is InChI=1S/C13H9NO.BrH/c15-13-6-3-4-10-9-14-7-2-1-5-11(14)8-12(10)13;/h1-4,6-8H,9H2;1H. The van der Waals surface area contributed by atoms with E-state index >= 15 is 0 Å². The van der Waals surface area contributed by atoms with E-state index < -0.39 is 0 Å². The van der Waals surface area contributed by atoms with E-state index in [1.807, 2.05) is 36.6 Å². The molecule has 80 valence electrons. The predicted octanol–water partition coefficient (Wildman–Crippen LogP) is -0.561. The Kier molecular flexibility index (Phi) is 2.82. The van der Waals surface area contributed by atoms with Gasteiger partial charge >= 0.3 is 0 Å². The van der Waals surface area contributed by atoms with E-state index in [0.717, 1.165) is 23.4 Å². The van der Waals surface area contributed by atoms with Crippen molar-refractivity contribution >= 4 is 6.08 Å². The molecule has 1 aromatic carbocycles. The molecular weight excluding hydrogens is 266 g/mol. The first kappa shape index (κ1) is 10.9. The Morgan fingerprint density at radius 2 is 2.19 bits per heavy atom. The second kappa shape index (κ2) is 4.12. The molecule has 0 amide bonds. The first-order valence-corrected chi connectivity index (χ1v) is 4.90. The van der Waals surface area contributed by atoms with Crippen LogP contribution in [0.5, 0.6) is 5.75 Å². The highest BCUT2D eigenvalue weighted by molar-refractivity contribution is 5.66. The maximum atomic E-state index is 9.73. The Morgan fingerprint density at radius 3 is 3.06 bits per heavy atom. The average Bonchev–Trinajstić information content (AvgIpc) is 2.27. The van der Waals surface area contributed by atoms with Gasteiger partial charge in [0, 0.05) is 0 Å². The maximum Gasteiger partial charge on any atom is 0.210 e. The van der Waals surface area contributed by atoms with Crippen LogP contribution >= 0.6 is 0 Å². The molecule has 0 fully saturated rings. The van der Waals surface area contributed by atoms with Crippen LogP contribution in [0, 0.1) is 6.08 Å². The number of aromatic hydroxyl groups is 1. The summed E-state index contributed by atoms with van der Waals surface area (Å²) in [7, 11) is 0. The molecule has 0 aliphatic carbocycles. The summed E-state index contributed by atoms with van der Waals surface area (Å²) in [4.78, 5) is 2.11. The highest BCUT2D eigenvalue weighted by Crippen LogP contribution is 2.31. The number of nitrogens with zero attached hydrogens (tertiary/aromatic N) is 1. The summed E-state index contributed by atoms with van der Waals surface area (Å²) < 4.78 is 0. The van der Waals surface area contributed by atoms with Crippen LogP contribution in [0.15, 0.2) is 42.2 Å². The molecule has 1 aromatic rings. The molecule has 1 N–H and O–H groups in total. The molecule has 2 aliphatic rings. The van der Waals surface area contributed by atoms with E-state index in [9.17, 15) is 5.11 Å². The lowest BCUT2D eigenvalue weighted by Crippen LogP contribution is -3.00. The molecule has 2 aliphatic heterocycles. The summed E-state index contributed by atoms with van der Waals surface area (Å²) in [5, 5.41) is 9.73. The Bertz CT molecular complexity index is 503. The van der Waals surface area contributed by atoms with Crippen molar-refractivity contribution in [3.63, 3.8) is 0 Å². The molecule has 2 heterocycles. The lowest BCUT2D eigenvalue weighted by Gasteiger charge is -2.23. The highest BCUT2D eigenvalue weighted by atomic mass is 79.9. The van der Waals surface area contributed by atoms with E-state index in [0.29, 0.717) is 5.75 Å². The van der Waals surface area contributed by atoms with Crippen molar-refractivity contribution in [1.82, 2.24) is 4.90 Å². The van der Waals surface area contributed by atoms with Crippen LogP contribution in [0.1, 0.15) is 11.1 Å². The number of allylic oxidation sites excluding steroid dienone is 3. The molecule has 0 saturated heterocycles. The third-order valence-corrected chi connectivity index (χ3v) is 2.70. The van der Waals surface area contributed by atoms with Gasteiger partial charge < -0.3 is 27.0 Å². The fourth-order valence-electron chi connectivity index (χ4n) is 1.93. The van der Waals surface area contributed by atoms with Crippen molar-refractivity contribution in [2.75, 3.05) is 0 Å². The average molecular weight is 276 g/mol. The smallest absolute Gasteiger partial charge is 0.210 e. The van der Waals surface area contributed by atoms with Crippen molar-refractivity contribution in [3.05, 3.63) is 59.5 Å². The number of phenolic OH excluding ortho intramolecular Hbond substituents is 1. The van der Waals surface area contributed by atoms with Gasteiger partial charge in [-0.15, -0.1) is 0 Å². The molecule has 0 unspecified atom stereocenters. The van der Waals surface area contributed by atoms with Crippen molar-refractivity contribution in [2.24, 2.45) is 0 Å². The number of halogens is 1. The molecule has 3 heteroatoms. The zero-order valence-corrected chi connectivity index (χ0v) is 10.1. The van der Waals surface area contributed by atoms with Gasteiger partial charge in [-0.25, -0.2) is 0 Å². The minimum atomic E-state index is 0. The molecule has 0 atom stereocenters. The van der Waals surface area contributed by atoms with Crippen molar-refractivity contribution < 1.29 is 22.1 Å². The van der Waals surface area contributed by atoms with Crippen molar-refractivity contribution in [1.29, 1.82) is 0 Å². The highest BCUT2D eigenvalue weighted by Gasteiger charge is 2.23. The van der Waals surface area contributed by atoms with Crippen LogP contribution in [-0.4, -0.2) is 10.0 Å². The summed E-state index contributed by atoms with van der Waals surface area (Å²) in [6.07, 6.45) is 11.0. The lowest BCUT2D eigenvalue weighted by molar-refractivity contribution is -0.00000392. The second-order valence-corrected chi connectivity index (χ2v) is 3.66. The summed E-state index contributed by atoms with van der Waals surface area (Å²) in [5.41, 5.74) is 3.07. The van der Waals surface area contributed by atoms with Crippen LogP contribution < -0.4 is 17.0 Å². The topological polar surface area (TPSA) is 23.5 Å². The molecule has 0 aromatic heterocycles. The molecule has 0 spiro atoms. The fraction of sp³-hybridized carbons (Fsp3) is 0.0769. The monoisotopic (exact) mass is 275 g/mol. The zero-order chi connectivity index (χ0) is 10.3. The van der Waals surface area contributed by atoms with Crippen LogP contribution in [0.3, 0.4) is 0 Å². The largest absolute Gasteiger partial charge is 1.00 e. The lowest BCUT2D eigenvalue weighted by atomic mass is 9.99. The molecule has 3 rings (SSSR count). The van der Waals surface area contributed by atoms with Gasteiger partial charge in [-0.2, -0.15) is 0 Å². The number of phenols is 1. The molecule has 0 bridgehead atoms. The van der Waals surface area contributed by atoms with Crippen LogP contribution in [0.2, 0.25) is 0 Å². The minimum Gasteiger partial charge on any atom is -1.00 e. The van der Waals surface area contributed by atoms with Gasteiger partial charge in [-0.1, -0.05) is 12.1 Å². The maximum absolute atomic E-state index is 9.73. The SMILES string of the molecule is Oc1cccc2c1C=C1[C+]=CC=CN1C2.[Br-]. The normalized spacial score (nSPS) is 15.5. The van der Waals surface area contributed by atoms with E-state index in [1.54, 1.807) is 6.07 Å². The number of hydrogen-bond acceptors (Lipinski definition) is 2. The molecule has 16 heavy (non-hydrogen) atoms. The van der Waals surface area contributed by atoms with Gasteiger partial charge in [0.15, 0.2) is 0 Å². The van der Waals surface area contributed by atoms with Crippen LogP contribution in [-0.2, 0) is 6.54 Å². The molecule has 0 radical (unpaired) electrons. The summed E-state index contributed by atoms with van der Waals surface area (Å²) >= 11 is 0. The molecule has 2 nitrogen and oxygen atoms in total. The fourth-order valence-corrected chi connectivity index (χ4v) is 1.93. The van der Waals surface area contributed by atoms with Gasteiger partial charge in [0.05, 0.1) is 36.5 Å². The Hall–Kier alpha value is -1.57. The number of fused-ring (bicyclic) bond motifs is 2. The first-order valence-electron chi connectivity index (χ1n) is 4.90. The molecule has 0 saturated carbocycles. The minimum absolute atomic E-state index is 0. The van der Waals surface area contributed by atoms with Gasteiger partial charge in [0.2, 0.25) is 5.70 Å². The Morgan fingerprint density at radius 1 is 1.31 bits per heavy atom. The zero-order valence-electron chi connectivity index (χ0n) is 8.52. The van der Waals surface area contributed by atoms with E-state index in [-0.39, 0.29) is 17.0 Å². The van der Waals surface area contributed by atoms with Gasteiger partial charge in [-0.05, 0) is 11.6 Å². The summed E-state index contributed by atoms with van der Waals surface area (Å²) in [6.45, 7) is 0.799. The van der Waals surface area contributed by atoms with E-state index in [1.165, 1.54) is 0 Å². The van der Waals surface area contributed by atoms with Gasteiger partial charge in [0.25, 0.3) is 0 Å². The second-order valence-electron chi connectivity index (χ2n) is 3.66. The summed E-state index contributed by atoms with van der Waals surface area (Å²) in [6, 6.07) is 5.63. The van der Waals surface area contributed by atoms with Gasteiger partial charge in [0.1, 0.15) is 11.8 Å². The van der Waals surface area contributed by atoms with Gasteiger partial charge in [-0.3, -0.25) is 0 Å². The number of benzene rings is 1. The third-order valence-electron chi connectivity index (χ3n) is 2.70. The Balaban J connectivity index is 0.000000963. The van der Waals surface area contributed by atoms with E-state index in [4.69, 9.17) is 0 Å². The number of rotatable bonds is 0.